The van der Waals surface area contributed by atoms with Gasteiger partial charge in [-0.3, -0.25) is 4.98 Å². The quantitative estimate of drug-likeness (QED) is 0.866. The van der Waals surface area contributed by atoms with E-state index in [9.17, 15) is 0 Å². The zero-order valence-corrected chi connectivity index (χ0v) is 10.6. The van der Waals surface area contributed by atoms with E-state index in [4.69, 9.17) is 0 Å². The van der Waals surface area contributed by atoms with Crippen LogP contribution in [-0.4, -0.2) is 28.1 Å². The Bertz CT molecular complexity index is 488. The van der Waals surface area contributed by atoms with Gasteiger partial charge in [-0.25, -0.2) is 4.98 Å². The zero-order valence-electron chi connectivity index (χ0n) is 10.6. The summed E-state index contributed by atoms with van der Waals surface area (Å²) in [6, 6.07) is 3.98. The summed E-state index contributed by atoms with van der Waals surface area (Å²) in [6.45, 7) is 3.03. The molecule has 0 bridgehead atoms. The van der Waals surface area contributed by atoms with Crippen molar-refractivity contribution in [2.24, 2.45) is 7.05 Å². The van der Waals surface area contributed by atoms with Gasteiger partial charge in [0, 0.05) is 43.7 Å². The summed E-state index contributed by atoms with van der Waals surface area (Å²) in [5, 5.41) is 3.17. The number of hydrogen-bond donors (Lipinski definition) is 1. The minimum atomic E-state index is 0.968. The lowest BCUT2D eigenvalue weighted by Gasteiger charge is -2.06. The third kappa shape index (κ3) is 2.36. The number of aromatic nitrogens is 3. The average molecular weight is 230 g/mol. The van der Waals surface area contributed by atoms with E-state index in [0.717, 1.165) is 30.0 Å². The lowest BCUT2D eigenvalue weighted by atomic mass is 10.2. The maximum Gasteiger partial charge on any atom is 0.140 e. The molecule has 2 heterocycles. The van der Waals surface area contributed by atoms with Gasteiger partial charge in [0.25, 0.3) is 0 Å². The van der Waals surface area contributed by atoms with Crippen molar-refractivity contribution in [2.75, 3.05) is 13.6 Å². The number of pyridine rings is 1. The highest BCUT2D eigenvalue weighted by molar-refractivity contribution is 5.55. The third-order valence-electron chi connectivity index (χ3n) is 2.96. The van der Waals surface area contributed by atoms with Crippen molar-refractivity contribution in [1.29, 1.82) is 0 Å². The van der Waals surface area contributed by atoms with E-state index >= 15 is 0 Å². The molecule has 0 atom stereocenters. The summed E-state index contributed by atoms with van der Waals surface area (Å²) in [6.07, 6.45) is 4.59. The summed E-state index contributed by atoms with van der Waals surface area (Å²) in [5.41, 5.74) is 3.50. The van der Waals surface area contributed by atoms with Crippen LogP contribution in [-0.2, 0) is 13.5 Å². The van der Waals surface area contributed by atoms with E-state index in [1.807, 2.05) is 19.2 Å². The van der Waals surface area contributed by atoms with Gasteiger partial charge in [0.15, 0.2) is 0 Å². The second-order valence-electron chi connectivity index (χ2n) is 4.12. The molecule has 0 radical (unpaired) electrons. The molecule has 4 nitrogen and oxygen atoms in total. The molecule has 0 aliphatic rings. The molecular weight excluding hydrogens is 212 g/mol. The minimum absolute atomic E-state index is 0.968. The van der Waals surface area contributed by atoms with E-state index in [0.29, 0.717) is 0 Å². The van der Waals surface area contributed by atoms with Crippen LogP contribution in [0.15, 0.2) is 24.5 Å². The molecule has 0 saturated carbocycles. The fourth-order valence-electron chi connectivity index (χ4n) is 2.02. The Hall–Kier alpha value is -1.68. The molecule has 4 heteroatoms. The first-order chi connectivity index (χ1) is 8.24. The third-order valence-corrected chi connectivity index (χ3v) is 2.96. The highest BCUT2D eigenvalue weighted by atomic mass is 15.1. The highest BCUT2D eigenvalue weighted by Gasteiger charge is 2.12. The fourth-order valence-corrected chi connectivity index (χ4v) is 2.02. The maximum absolute atomic E-state index is 4.64. The summed E-state index contributed by atoms with van der Waals surface area (Å²) < 4.78 is 2.17. The van der Waals surface area contributed by atoms with E-state index in [2.05, 4.69) is 33.8 Å². The minimum Gasteiger partial charge on any atom is -0.331 e. The molecule has 0 aliphatic heterocycles. The largest absolute Gasteiger partial charge is 0.331 e. The normalized spacial score (nSPS) is 10.8. The molecule has 0 aliphatic carbocycles. The number of imidazole rings is 1. The summed E-state index contributed by atoms with van der Waals surface area (Å²) in [5.74, 6) is 1.01. The van der Waals surface area contributed by atoms with Crippen molar-refractivity contribution in [3.05, 3.63) is 35.9 Å². The SMILES string of the molecule is CNCCc1c(C)nc(-c2ccncc2)n1C. The van der Waals surface area contributed by atoms with Crippen LogP contribution in [0.1, 0.15) is 11.4 Å². The predicted octanol–water partition coefficient (Wildman–Crippen LogP) is 1.55. The summed E-state index contributed by atoms with van der Waals surface area (Å²) in [7, 11) is 4.04. The van der Waals surface area contributed by atoms with E-state index in [1.54, 1.807) is 12.4 Å². The standard InChI is InChI=1S/C13H18N4/c1-10-12(6-7-14-2)17(3)13(16-10)11-4-8-15-9-5-11/h4-5,8-9,14H,6-7H2,1-3H3. The molecule has 90 valence electrons. The van der Waals surface area contributed by atoms with Gasteiger partial charge in [-0.15, -0.1) is 0 Å². The molecule has 2 aromatic heterocycles. The predicted molar refractivity (Wildman–Crippen MR) is 68.8 cm³/mol. The van der Waals surface area contributed by atoms with Gasteiger partial charge >= 0.3 is 0 Å². The van der Waals surface area contributed by atoms with Gasteiger partial charge in [-0.05, 0) is 26.1 Å². The van der Waals surface area contributed by atoms with Crippen LogP contribution in [0.3, 0.4) is 0 Å². The van der Waals surface area contributed by atoms with E-state index in [-0.39, 0.29) is 0 Å². The number of hydrogen-bond acceptors (Lipinski definition) is 3. The van der Waals surface area contributed by atoms with Gasteiger partial charge in [-0.1, -0.05) is 0 Å². The van der Waals surface area contributed by atoms with Crippen LogP contribution >= 0.6 is 0 Å². The van der Waals surface area contributed by atoms with Crippen molar-refractivity contribution in [3.8, 4) is 11.4 Å². The Labute approximate surface area is 102 Å². The number of nitrogens with zero attached hydrogens (tertiary/aromatic N) is 3. The van der Waals surface area contributed by atoms with Crippen LogP contribution in [0.2, 0.25) is 0 Å². The number of likely N-dealkylation sites (N-methyl/N-ethyl adjacent to an activating group) is 1. The highest BCUT2D eigenvalue weighted by Crippen LogP contribution is 2.20. The second-order valence-corrected chi connectivity index (χ2v) is 4.12. The van der Waals surface area contributed by atoms with Crippen molar-refractivity contribution in [2.45, 2.75) is 13.3 Å². The van der Waals surface area contributed by atoms with Crippen LogP contribution in [0.25, 0.3) is 11.4 Å². The van der Waals surface area contributed by atoms with E-state index < -0.39 is 0 Å². The Kier molecular flexibility index (Phi) is 3.54. The van der Waals surface area contributed by atoms with Crippen molar-refractivity contribution < 1.29 is 0 Å². The topological polar surface area (TPSA) is 42.7 Å². The number of rotatable bonds is 4. The van der Waals surface area contributed by atoms with Crippen LogP contribution in [0.5, 0.6) is 0 Å². The molecule has 17 heavy (non-hydrogen) atoms. The van der Waals surface area contributed by atoms with Gasteiger partial charge < -0.3 is 9.88 Å². The average Bonchev–Trinajstić information content (AvgIpc) is 2.64. The lowest BCUT2D eigenvalue weighted by Crippen LogP contribution is -2.13. The molecule has 2 rings (SSSR count). The number of nitrogens with one attached hydrogen (secondary N) is 1. The molecule has 0 aromatic carbocycles. The van der Waals surface area contributed by atoms with Gasteiger partial charge in [0.2, 0.25) is 0 Å². The first kappa shape index (κ1) is 11.8. The van der Waals surface area contributed by atoms with E-state index in [1.165, 1.54) is 5.69 Å². The first-order valence-electron chi connectivity index (χ1n) is 5.81. The molecule has 0 saturated heterocycles. The first-order valence-corrected chi connectivity index (χ1v) is 5.81. The maximum atomic E-state index is 4.64. The second kappa shape index (κ2) is 5.10. The molecule has 0 spiro atoms. The number of aryl methyl sites for hydroxylation is 1. The summed E-state index contributed by atoms with van der Waals surface area (Å²) >= 11 is 0. The van der Waals surface area contributed by atoms with Crippen molar-refractivity contribution in [3.63, 3.8) is 0 Å². The fraction of sp³-hybridized carbons (Fsp3) is 0.385. The Morgan fingerprint density at radius 1 is 1.29 bits per heavy atom. The lowest BCUT2D eigenvalue weighted by molar-refractivity contribution is 0.736. The Balaban J connectivity index is 2.37. The van der Waals surface area contributed by atoms with Gasteiger partial charge in [0.1, 0.15) is 5.82 Å². The molecule has 1 N–H and O–H groups in total. The monoisotopic (exact) mass is 230 g/mol. The van der Waals surface area contributed by atoms with Crippen LogP contribution < -0.4 is 5.32 Å². The zero-order chi connectivity index (χ0) is 12.3. The van der Waals surface area contributed by atoms with Crippen molar-refractivity contribution >= 4 is 0 Å². The Morgan fingerprint density at radius 3 is 2.65 bits per heavy atom. The molecular formula is C13H18N4. The molecule has 0 fully saturated rings. The van der Waals surface area contributed by atoms with Crippen LogP contribution in [0, 0.1) is 6.92 Å². The smallest absolute Gasteiger partial charge is 0.140 e. The van der Waals surface area contributed by atoms with Gasteiger partial charge in [-0.2, -0.15) is 0 Å². The van der Waals surface area contributed by atoms with Crippen LogP contribution in [0.4, 0.5) is 0 Å². The van der Waals surface area contributed by atoms with Gasteiger partial charge in [0.05, 0.1) is 5.69 Å². The molecule has 0 unspecified atom stereocenters. The molecule has 0 amide bonds. The van der Waals surface area contributed by atoms with Crippen molar-refractivity contribution in [1.82, 2.24) is 19.9 Å². The Morgan fingerprint density at radius 2 is 2.00 bits per heavy atom. The molecule has 2 aromatic rings. The summed E-state index contributed by atoms with van der Waals surface area (Å²) in [4.78, 5) is 8.67.